The Labute approximate surface area is 103 Å². The van der Waals surface area contributed by atoms with Crippen LogP contribution in [0.1, 0.15) is 11.3 Å². The Morgan fingerprint density at radius 1 is 1.20 bits per heavy atom. The lowest BCUT2D eigenvalue weighted by atomic mass is 10.1. The summed E-state index contributed by atoms with van der Waals surface area (Å²) in [6.45, 7) is 1.92. The van der Waals surface area contributed by atoms with Crippen LogP contribution in [-0.2, 0) is 5.88 Å². The molecule has 0 aliphatic heterocycles. The van der Waals surface area contributed by atoms with Gasteiger partial charge in [-0.2, -0.15) is 0 Å². The molecule has 4 heteroatoms. The van der Waals surface area contributed by atoms with Gasteiger partial charge in [0.1, 0.15) is 0 Å². The Morgan fingerprint density at radius 2 is 1.93 bits per heavy atom. The molecule has 1 aromatic carbocycles. The molecule has 0 amide bonds. The van der Waals surface area contributed by atoms with Crippen molar-refractivity contribution in [3.63, 3.8) is 0 Å². The molecule has 0 aliphatic carbocycles. The number of pyridine rings is 1. The maximum Gasteiger partial charge on any atom is 0.0738 e. The van der Waals surface area contributed by atoms with Gasteiger partial charge in [0.25, 0.3) is 0 Å². The fourth-order valence-electron chi connectivity index (χ4n) is 1.62. The van der Waals surface area contributed by atoms with Crippen molar-refractivity contribution in [2.75, 3.05) is 0 Å². The maximum absolute atomic E-state index is 6.12. The molecule has 1 heterocycles. The number of benzene rings is 1. The van der Waals surface area contributed by atoms with E-state index in [2.05, 4.69) is 4.98 Å². The van der Waals surface area contributed by atoms with Crippen LogP contribution < -0.4 is 0 Å². The summed E-state index contributed by atoms with van der Waals surface area (Å²) in [7, 11) is 0. The van der Waals surface area contributed by atoms with E-state index in [4.69, 9.17) is 34.8 Å². The van der Waals surface area contributed by atoms with Crippen LogP contribution in [0.4, 0.5) is 0 Å². The van der Waals surface area contributed by atoms with Crippen molar-refractivity contribution in [1.82, 2.24) is 4.98 Å². The first kappa shape index (κ1) is 11.0. The number of hydrogen-bond acceptors (Lipinski definition) is 1. The number of halogens is 3. The second-order valence-corrected chi connectivity index (χ2v) is 4.45. The normalized spacial score (nSPS) is 10.9. The minimum atomic E-state index is 0.418. The van der Waals surface area contributed by atoms with Crippen molar-refractivity contribution < 1.29 is 0 Å². The number of alkyl halides is 1. The summed E-state index contributed by atoms with van der Waals surface area (Å²) in [6, 6.07) is 5.44. The zero-order valence-electron chi connectivity index (χ0n) is 8.02. The standard InChI is InChI=1S/C11H8Cl3N/c1-6-2-7(5-12)11-9(14)3-8(13)4-10(11)15-6/h2-4H,5H2,1H3. The Morgan fingerprint density at radius 3 is 2.60 bits per heavy atom. The molecule has 0 saturated heterocycles. The number of fused-ring (bicyclic) bond motifs is 1. The van der Waals surface area contributed by atoms with Crippen LogP contribution in [0.2, 0.25) is 10.0 Å². The lowest BCUT2D eigenvalue weighted by molar-refractivity contribution is 1.22. The summed E-state index contributed by atoms with van der Waals surface area (Å²) in [5.74, 6) is 0.418. The highest BCUT2D eigenvalue weighted by atomic mass is 35.5. The molecule has 0 saturated carbocycles. The lowest BCUT2D eigenvalue weighted by Crippen LogP contribution is -1.90. The molecule has 15 heavy (non-hydrogen) atoms. The monoisotopic (exact) mass is 259 g/mol. The third-order valence-electron chi connectivity index (χ3n) is 2.18. The minimum Gasteiger partial charge on any atom is -0.253 e. The Hall–Kier alpha value is -0.500. The highest BCUT2D eigenvalue weighted by Crippen LogP contribution is 2.30. The first-order chi connectivity index (χ1) is 7.11. The van der Waals surface area contributed by atoms with Gasteiger partial charge in [-0.15, -0.1) is 11.6 Å². The highest BCUT2D eigenvalue weighted by Gasteiger charge is 2.08. The molecular weight excluding hydrogens is 252 g/mol. The molecule has 78 valence electrons. The number of rotatable bonds is 1. The lowest BCUT2D eigenvalue weighted by Gasteiger charge is -2.07. The quantitative estimate of drug-likeness (QED) is 0.684. The van der Waals surface area contributed by atoms with E-state index < -0.39 is 0 Å². The van der Waals surface area contributed by atoms with Gasteiger partial charge in [-0.1, -0.05) is 23.2 Å². The predicted molar refractivity (Wildman–Crippen MR) is 66.1 cm³/mol. The van der Waals surface area contributed by atoms with E-state index in [1.807, 2.05) is 13.0 Å². The molecule has 0 bridgehead atoms. The van der Waals surface area contributed by atoms with Crippen LogP contribution in [0.3, 0.4) is 0 Å². The zero-order valence-corrected chi connectivity index (χ0v) is 10.3. The third kappa shape index (κ3) is 2.05. The number of aromatic nitrogens is 1. The van der Waals surface area contributed by atoms with Crippen LogP contribution in [-0.4, -0.2) is 4.98 Å². The summed E-state index contributed by atoms with van der Waals surface area (Å²) in [5, 5.41) is 2.08. The SMILES string of the molecule is Cc1cc(CCl)c2c(Cl)cc(Cl)cc2n1. The molecule has 0 unspecified atom stereocenters. The van der Waals surface area contributed by atoms with Gasteiger partial charge in [0.05, 0.1) is 10.5 Å². The first-order valence-electron chi connectivity index (χ1n) is 4.43. The van der Waals surface area contributed by atoms with Gasteiger partial charge >= 0.3 is 0 Å². The van der Waals surface area contributed by atoms with Crippen molar-refractivity contribution >= 4 is 45.7 Å². The Kier molecular flexibility index (Phi) is 3.06. The average molecular weight is 261 g/mol. The molecular formula is C11H8Cl3N. The molecule has 2 aromatic rings. The van der Waals surface area contributed by atoms with E-state index >= 15 is 0 Å². The minimum absolute atomic E-state index is 0.418. The smallest absolute Gasteiger partial charge is 0.0738 e. The summed E-state index contributed by atoms with van der Waals surface area (Å²) >= 11 is 17.9. The predicted octanol–water partition coefficient (Wildman–Crippen LogP) is 4.59. The van der Waals surface area contributed by atoms with Crippen molar-refractivity contribution in [2.45, 2.75) is 12.8 Å². The molecule has 1 nitrogen and oxygen atoms in total. The fraction of sp³-hybridized carbons (Fsp3) is 0.182. The maximum atomic E-state index is 6.12. The van der Waals surface area contributed by atoms with Gasteiger partial charge in [0.15, 0.2) is 0 Å². The molecule has 0 radical (unpaired) electrons. The van der Waals surface area contributed by atoms with Crippen LogP contribution in [0, 0.1) is 6.92 Å². The van der Waals surface area contributed by atoms with Gasteiger partial charge in [-0.3, -0.25) is 4.98 Å². The van der Waals surface area contributed by atoms with Crippen LogP contribution in [0.15, 0.2) is 18.2 Å². The van der Waals surface area contributed by atoms with Crippen LogP contribution in [0.5, 0.6) is 0 Å². The summed E-state index contributed by atoms with van der Waals surface area (Å²) in [6.07, 6.45) is 0. The fourth-order valence-corrected chi connectivity index (χ4v) is 2.43. The largest absolute Gasteiger partial charge is 0.253 e. The van der Waals surface area contributed by atoms with E-state index in [-0.39, 0.29) is 0 Å². The van der Waals surface area contributed by atoms with E-state index in [1.165, 1.54) is 0 Å². The van der Waals surface area contributed by atoms with Gasteiger partial charge < -0.3 is 0 Å². The molecule has 0 fully saturated rings. The summed E-state index contributed by atoms with van der Waals surface area (Å²) in [5.41, 5.74) is 2.69. The molecule has 0 N–H and O–H groups in total. The van der Waals surface area contributed by atoms with Crippen molar-refractivity contribution in [3.05, 3.63) is 39.5 Å². The second-order valence-electron chi connectivity index (χ2n) is 3.34. The van der Waals surface area contributed by atoms with Crippen molar-refractivity contribution in [3.8, 4) is 0 Å². The van der Waals surface area contributed by atoms with Gasteiger partial charge in [0.2, 0.25) is 0 Å². The van der Waals surface area contributed by atoms with Gasteiger partial charge in [0, 0.05) is 22.0 Å². The van der Waals surface area contributed by atoms with Crippen LogP contribution in [0.25, 0.3) is 10.9 Å². The Bertz CT molecular complexity index is 517. The topological polar surface area (TPSA) is 12.9 Å². The van der Waals surface area contributed by atoms with Crippen molar-refractivity contribution in [2.24, 2.45) is 0 Å². The molecule has 2 rings (SSSR count). The van der Waals surface area contributed by atoms with Crippen molar-refractivity contribution in [1.29, 1.82) is 0 Å². The summed E-state index contributed by atoms with van der Waals surface area (Å²) in [4.78, 5) is 4.38. The molecule has 0 spiro atoms. The second kappa shape index (κ2) is 4.17. The van der Waals surface area contributed by atoms with E-state index in [0.29, 0.717) is 15.9 Å². The van der Waals surface area contributed by atoms with Gasteiger partial charge in [-0.05, 0) is 30.7 Å². The van der Waals surface area contributed by atoms with Gasteiger partial charge in [-0.25, -0.2) is 0 Å². The number of nitrogens with zero attached hydrogens (tertiary/aromatic N) is 1. The number of aryl methyl sites for hydroxylation is 1. The molecule has 0 atom stereocenters. The van der Waals surface area contributed by atoms with E-state index in [0.717, 1.165) is 22.2 Å². The average Bonchev–Trinajstić information content (AvgIpc) is 2.14. The van der Waals surface area contributed by atoms with Crippen LogP contribution >= 0.6 is 34.8 Å². The van der Waals surface area contributed by atoms with E-state index in [9.17, 15) is 0 Å². The Balaban J connectivity index is 2.90. The third-order valence-corrected chi connectivity index (χ3v) is 2.98. The zero-order chi connectivity index (χ0) is 11.0. The van der Waals surface area contributed by atoms with E-state index in [1.54, 1.807) is 12.1 Å². The summed E-state index contributed by atoms with van der Waals surface area (Å²) < 4.78 is 0. The molecule has 1 aromatic heterocycles. The number of hydrogen-bond donors (Lipinski definition) is 0. The molecule has 0 aliphatic rings. The first-order valence-corrected chi connectivity index (χ1v) is 5.72. The highest BCUT2D eigenvalue weighted by molar-refractivity contribution is 6.39.